The minimum Gasteiger partial charge on any atom is -0.392 e. The van der Waals surface area contributed by atoms with E-state index in [9.17, 15) is 4.79 Å². The molecule has 1 aromatic heterocycles. The molecule has 1 aliphatic heterocycles. The quantitative estimate of drug-likeness (QED) is 0.809. The van der Waals surface area contributed by atoms with Crippen molar-refractivity contribution in [3.63, 3.8) is 0 Å². The molecule has 1 amide bonds. The highest BCUT2D eigenvalue weighted by atomic mass is 16.6. The number of oxime groups is 1. The number of rotatable bonds is 7. The van der Waals surface area contributed by atoms with Crippen LogP contribution in [0.4, 0.5) is 0 Å². The molecule has 5 nitrogen and oxygen atoms in total. The van der Waals surface area contributed by atoms with Crippen molar-refractivity contribution in [2.75, 3.05) is 0 Å². The Balaban J connectivity index is 1.65. The van der Waals surface area contributed by atoms with Gasteiger partial charge in [-0.05, 0) is 37.0 Å². The third-order valence-corrected chi connectivity index (χ3v) is 4.60. The largest absolute Gasteiger partial charge is 0.392 e. The van der Waals surface area contributed by atoms with Gasteiger partial charge in [0.25, 0.3) is 5.91 Å². The number of pyridine rings is 1. The fraction of sp³-hybridized carbons (Fsp3) is 0.409. The molecule has 0 radical (unpaired) electrons. The molecule has 1 aliphatic rings. The van der Waals surface area contributed by atoms with Crippen LogP contribution in [0.2, 0.25) is 0 Å². The Morgan fingerprint density at radius 3 is 2.67 bits per heavy atom. The Morgan fingerprint density at radius 2 is 1.96 bits per heavy atom. The molecule has 2 aromatic rings. The number of nitrogens with one attached hydrogen (secondary N) is 1. The van der Waals surface area contributed by atoms with Crippen LogP contribution in [0.5, 0.6) is 0 Å². The third-order valence-electron chi connectivity index (χ3n) is 4.60. The van der Waals surface area contributed by atoms with E-state index in [2.05, 4.69) is 41.4 Å². The summed E-state index contributed by atoms with van der Waals surface area (Å²) in [7, 11) is 0. The number of benzene rings is 1. The first kappa shape index (κ1) is 19.1. The van der Waals surface area contributed by atoms with Gasteiger partial charge in [0, 0.05) is 18.5 Å². The number of amides is 1. The zero-order valence-electron chi connectivity index (χ0n) is 16.2. The average molecular weight is 365 g/mol. The fourth-order valence-corrected chi connectivity index (χ4v) is 3.29. The van der Waals surface area contributed by atoms with Crippen LogP contribution in [-0.4, -0.2) is 28.7 Å². The maximum atomic E-state index is 12.6. The summed E-state index contributed by atoms with van der Waals surface area (Å²) < 4.78 is 0. The van der Waals surface area contributed by atoms with Crippen molar-refractivity contribution in [3.8, 4) is 0 Å². The van der Waals surface area contributed by atoms with Gasteiger partial charge in [0.05, 0.1) is 11.8 Å². The topological polar surface area (TPSA) is 63.6 Å². The maximum Gasteiger partial charge on any atom is 0.270 e. The van der Waals surface area contributed by atoms with Gasteiger partial charge in [-0.15, -0.1) is 0 Å². The Morgan fingerprint density at radius 1 is 1.19 bits per heavy atom. The van der Waals surface area contributed by atoms with E-state index in [1.54, 1.807) is 6.07 Å². The second kappa shape index (κ2) is 8.80. The molecule has 2 atom stereocenters. The molecule has 5 heteroatoms. The molecule has 0 bridgehead atoms. The van der Waals surface area contributed by atoms with Crippen molar-refractivity contribution in [1.29, 1.82) is 0 Å². The summed E-state index contributed by atoms with van der Waals surface area (Å²) in [6, 6.07) is 15.6. The smallest absolute Gasteiger partial charge is 0.270 e. The third kappa shape index (κ3) is 5.39. The summed E-state index contributed by atoms with van der Waals surface area (Å²) in [5, 5.41) is 7.42. The Labute approximate surface area is 160 Å². The van der Waals surface area contributed by atoms with Crippen molar-refractivity contribution < 1.29 is 9.63 Å². The highest BCUT2D eigenvalue weighted by Crippen LogP contribution is 2.20. The summed E-state index contributed by atoms with van der Waals surface area (Å²) in [5.74, 6) is 0.259. The number of hydrogen-bond donors (Lipinski definition) is 1. The average Bonchev–Trinajstić information content (AvgIpc) is 3.10. The molecular formula is C22H27N3O2. The standard InChI is InChI=1S/C22H27N3O2/c1-15(2)12-20(24-22(26)19-11-7-8-16(3)23-19)21-14-18(27-25-21)13-17-9-5-4-6-10-17/h4-11,15,18,20H,12-14H2,1-3H3,(H,24,26)/t18?,20-/m0/s1. The number of nitrogens with zero attached hydrogens (tertiary/aromatic N) is 2. The lowest BCUT2D eigenvalue weighted by atomic mass is 9.95. The summed E-state index contributed by atoms with van der Waals surface area (Å²) in [5.41, 5.74) is 3.40. The van der Waals surface area contributed by atoms with Gasteiger partial charge in [0.1, 0.15) is 11.8 Å². The molecule has 0 spiro atoms. The number of hydrogen-bond acceptors (Lipinski definition) is 4. The summed E-state index contributed by atoms with van der Waals surface area (Å²) in [4.78, 5) is 22.6. The van der Waals surface area contributed by atoms with E-state index in [4.69, 9.17) is 4.84 Å². The van der Waals surface area contributed by atoms with E-state index in [1.165, 1.54) is 5.56 Å². The van der Waals surface area contributed by atoms with Gasteiger partial charge in [-0.2, -0.15) is 0 Å². The van der Waals surface area contributed by atoms with Gasteiger partial charge >= 0.3 is 0 Å². The van der Waals surface area contributed by atoms with Crippen molar-refractivity contribution in [2.24, 2.45) is 11.1 Å². The predicted molar refractivity (Wildman–Crippen MR) is 107 cm³/mol. The van der Waals surface area contributed by atoms with Crippen LogP contribution in [0.25, 0.3) is 0 Å². The minimum absolute atomic E-state index is 0.0195. The minimum atomic E-state index is -0.168. The summed E-state index contributed by atoms with van der Waals surface area (Å²) in [6.45, 7) is 6.16. The maximum absolute atomic E-state index is 12.6. The van der Waals surface area contributed by atoms with Crippen LogP contribution in [0.15, 0.2) is 53.7 Å². The SMILES string of the molecule is Cc1cccc(C(=O)N[C@@H](CC(C)C)C2=NOC(Cc3ccccc3)C2)n1. The van der Waals surface area contributed by atoms with Crippen molar-refractivity contribution in [1.82, 2.24) is 10.3 Å². The first-order valence-corrected chi connectivity index (χ1v) is 9.52. The Kier molecular flexibility index (Phi) is 6.22. The predicted octanol–water partition coefficient (Wildman–Crippen LogP) is 3.92. The zero-order chi connectivity index (χ0) is 19.2. The van der Waals surface area contributed by atoms with E-state index >= 15 is 0 Å². The first-order valence-electron chi connectivity index (χ1n) is 9.52. The molecule has 142 valence electrons. The number of aryl methyl sites for hydroxylation is 1. The van der Waals surface area contributed by atoms with Crippen LogP contribution >= 0.6 is 0 Å². The van der Waals surface area contributed by atoms with Gasteiger partial charge < -0.3 is 10.2 Å². The van der Waals surface area contributed by atoms with Crippen LogP contribution in [0.1, 0.15) is 48.4 Å². The molecule has 1 N–H and O–H groups in total. The van der Waals surface area contributed by atoms with Crippen LogP contribution < -0.4 is 5.32 Å². The van der Waals surface area contributed by atoms with Crippen LogP contribution in [0, 0.1) is 12.8 Å². The van der Waals surface area contributed by atoms with Gasteiger partial charge in [0.2, 0.25) is 0 Å². The van der Waals surface area contributed by atoms with Crippen molar-refractivity contribution in [2.45, 2.75) is 52.2 Å². The van der Waals surface area contributed by atoms with E-state index < -0.39 is 0 Å². The lowest BCUT2D eigenvalue weighted by molar-refractivity contribution is 0.0858. The van der Waals surface area contributed by atoms with Gasteiger partial charge in [-0.1, -0.05) is 55.4 Å². The molecule has 0 saturated heterocycles. The summed E-state index contributed by atoms with van der Waals surface area (Å²) >= 11 is 0. The molecule has 0 saturated carbocycles. The lowest BCUT2D eigenvalue weighted by Gasteiger charge is -2.20. The lowest BCUT2D eigenvalue weighted by Crippen LogP contribution is -2.42. The molecule has 1 aromatic carbocycles. The van der Waals surface area contributed by atoms with E-state index in [0.717, 1.165) is 30.7 Å². The van der Waals surface area contributed by atoms with Gasteiger partial charge in [-0.25, -0.2) is 4.98 Å². The molecule has 0 fully saturated rings. The second-order valence-corrected chi connectivity index (χ2v) is 7.52. The first-order chi connectivity index (χ1) is 13.0. The normalized spacial score (nSPS) is 17.3. The molecule has 1 unspecified atom stereocenters. The van der Waals surface area contributed by atoms with Gasteiger partial charge in [-0.3, -0.25) is 4.79 Å². The molecule has 0 aliphatic carbocycles. The highest BCUT2D eigenvalue weighted by molar-refractivity contribution is 5.98. The summed E-state index contributed by atoms with van der Waals surface area (Å²) in [6.07, 6.45) is 2.38. The van der Waals surface area contributed by atoms with E-state index in [0.29, 0.717) is 11.6 Å². The number of aromatic nitrogens is 1. The molecule has 27 heavy (non-hydrogen) atoms. The molecule has 2 heterocycles. The van der Waals surface area contributed by atoms with E-state index in [1.807, 2.05) is 37.3 Å². The van der Waals surface area contributed by atoms with Gasteiger partial charge in [0.15, 0.2) is 0 Å². The Bertz CT molecular complexity index is 802. The monoisotopic (exact) mass is 365 g/mol. The van der Waals surface area contributed by atoms with Crippen LogP contribution in [0.3, 0.4) is 0 Å². The highest BCUT2D eigenvalue weighted by Gasteiger charge is 2.29. The van der Waals surface area contributed by atoms with Crippen LogP contribution in [-0.2, 0) is 11.3 Å². The van der Waals surface area contributed by atoms with E-state index in [-0.39, 0.29) is 18.1 Å². The van der Waals surface area contributed by atoms with Crippen molar-refractivity contribution >= 4 is 11.6 Å². The molecule has 3 rings (SSSR count). The zero-order valence-corrected chi connectivity index (χ0v) is 16.2. The number of carbonyl (C=O) groups is 1. The van der Waals surface area contributed by atoms with Crippen molar-refractivity contribution in [3.05, 3.63) is 65.5 Å². The second-order valence-electron chi connectivity index (χ2n) is 7.52. The number of carbonyl (C=O) groups excluding carboxylic acids is 1. The fourth-order valence-electron chi connectivity index (χ4n) is 3.29. The molecular weight excluding hydrogens is 338 g/mol. The Hall–Kier alpha value is -2.69.